The van der Waals surface area contributed by atoms with E-state index in [9.17, 15) is 0 Å². The average Bonchev–Trinajstić information content (AvgIpc) is 1.81. The minimum atomic E-state index is 0.635. The minimum absolute atomic E-state index is 0.635. The van der Waals surface area contributed by atoms with Gasteiger partial charge in [0.25, 0.3) is 0 Å². The summed E-state index contributed by atoms with van der Waals surface area (Å²) >= 11 is 0. The second-order valence-electron chi connectivity index (χ2n) is 2.93. The van der Waals surface area contributed by atoms with E-state index in [1.54, 1.807) is 0 Å². The molecule has 0 saturated heterocycles. The Hall–Kier alpha value is 0.130. The third kappa shape index (κ3) is 3.34. The maximum absolute atomic E-state index is 3.74. The Kier molecular flexibility index (Phi) is 4.93. The molecule has 60 valence electrons. The molecular weight excluding hydrogens is 141 g/mol. The highest BCUT2D eigenvalue weighted by atomic mass is 31.1. The van der Waals surface area contributed by atoms with Gasteiger partial charge in [-0.25, -0.2) is 0 Å². The van der Waals surface area contributed by atoms with Crippen molar-refractivity contribution in [3.05, 3.63) is 12.4 Å². The average molecular weight is 159 g/mol. The van der Waals surface area contributed by atoms with Crippen molar-refractivity contribution < 1.29 is 0 Å². The summed E-state index contributed by atoms with van der Waals surface area (Å²) in [5.41, 5.74) is 0. The van der Waals surface area contributed by atoms with Gasteiger partial charge in [0.05, 0.1) is 0 Å². The van der Waals surface area contributed by atoms with E-state index in [-0.39, 0.29) is 0 Å². The van der Waals surface area contributed by atoms with Crippen LogP contribution < -0.4 is 0 Å². The van der Waals surface area contributed by atoms with E-state index in [4.69, 9.17) is 0 Å². The van der Waals surface area contributed by atoms with Gasteiger partial charge >= 0.3 is 0 Å². The van der Waals surface area contributed by atoms with Gasteiger partial charge in [0, 0.05) is 12.1 Å². The predicted octanol–water partition coefficient (Wildman–Crippen LogP) is 2.84. The van der Waals surface area contributed by atoms with Crippen LogP contribution in [0.5, 0.6) is 0 Å². The SMILES string of the molecule is C=CPN(C(C)C)C(C)C. The molecule has 0 spiro atoms. The second-order valence-corrected chi connectivity index (χ2v) is 4.11. The minimum Gasteiger partial charge on any atom is -0.276 e. The van der Waals surface area contributed by atoms with E-state index >= 15 is 0 Å². The molecular formula is C8H18NP. The molecule has 0 saturated carbocycles. The quantitative estimate of drug-likeness (QED) is 0.570. The van der Waals surface area contributed by atoms with Crippen LogP contribution in [0.1, 0.15) is 27.7 Å². The first kappa shape index (κ1) is 10.1. The van der Waals surface area contributed by atoms with E-state index in [1.165, 1.54) is 0 Å². The topological polar surface area (TPSA) is 3.24 Å². The van der Waals surface area contributed by atoms with E-state index in [0.717, 1.165) is 8.73 Å². The van der Waals surface area contributed by atoms with Crippen LogP contribution >= 0.6 is 8.73 Å². The highest BCUT2D eigenvalue weighted by Gasteiger charge is 2.10. The molecule has 1 atom stereocenters. The van der Waals surface area contributed by atoms with Crippen LogP contribution in [0.15, 0.2) is 12.4 Å². The molecule has 0 radical (unpaired) electrons. The summed E-state index contributed by atoms with van der Waals surface area (Å²) in [5, 5.41) is 0. The molecule has 0 fully saturated rings. The van der Waals surface area contributed by atoms with E-state index in [2.05, 4.69) is 38.9 Å². The number of hydrogen-bond donors (Lipinski definition) is 0. The van der Waals surface area contributed by atoms with Gasteiger partial charge < -0.3 is 0 Å². The summed E-state index contributed by atoms with van der Waals surface area (Å²) in [6.45, 7) is 12.6. The fourth-order valence-electron chi connectivity index (χ4n) is 1.000. The van der Waals surface area contributed by atoms with Crippen molar-refractivity contribution in [2.45, 2.75) is 39.8 Å². The Labute approximate surface area is 66.3 Å². The van der Waals surface area contributed by atoms with Gasteiger partial charge in [-0.2, -0.15) is 0 Å². The maximum Gasteiger partial charge on any atom is 0.00807 e. The van der Waals surface area contributed by atoms with Gasteiger partial charge in [0.2, 0.25) is 0 Å². The molecule has 0 N–H and O–H groups in total. The third-order valence-electron chi connectivity index (χ3n) is 1.35. The predicted molar refractivity (Wildman–Crippen MR) is 50.6 cm³/mol. The summed E-state index contributed by atoms with van der Waals surface area (Å²) in [6.07, 6.45) is 0. The first-order valence-electron chi connectivity index (χ1n) is 3.75. The summed E-state index contributed by atoms with van der Waals surface area (Å²) in [6, 6.07) is 1.27. The highest BCUT2D eigenvalue weighted by molar-refractivity contribution is 7.38. The standard InChI is InChI=1S/C8H18NP/c1-6-10-9(7(2)3)8(4)5/h6-8,10H,1H2,2-5H3. The molecule has 10 heavy (non-hydrogen) atoms. The van der Waals surface area contributed by atoms with Crippen LogP contribution in [0, 0.1) is 0 Å². The fourth-order valence-corrected chi connectivity index (χ4v) is 1.81. The zero-order valence-corrected chi connectivity index (χ0v) is 8.39. The normalized spacial score (nSPS) is 12.7. The molecule has 0 heterocycles. The molecule has 0 aromatic heterocycles. The number of rotatable bonds is 4. The van der Waals surface area contributed by atoms with Crippen LogP contribution in [0.2, 0.25) is 0 Å². The molecule has 2 heteroatoms. The molecule has 0 aromatic carbocycles. The van der Waals surface area contributed by atoms with Crippen LogP contribution in [-0.4, -0.2) is 16.8 Å². The van der Waals surface area contributed by atoms with Crippen LogP contribution in [0.25, 0.3) is 0 Å². The van der Waals surface area contributed by atoms with Crippen molar-refractivity contribution in [2.24, 2.45) is 0 Å². The van der Waals surface area contributed by atoms with Gasteiger partial charge in [-0.15, -0.1) is 0 Å². The fraction of sp³-hybridized carbons (Fsp3) is 0.750. The van der Waals surface area contributed by atoms with Crippen molar-refractivity contribution in [3.8, 4) is 0 Å². The van der Waals surface area contributed by atoms with Crippen molar-refractivity contribution in [2.75, 3.05) is 0 Å². The van der Waals surface area contributed by atoms with E-state index < -0.39 is 0 Å². The monoisotopic (exact) mass is 159 g/mol. The number of hydrogen-bond acceptors (Lipinski definition) is 1. The van der Waals surface area contributed by atoms with Crippen molar-refractivity contribution in [1.29, 1.82) is 0 Å². The largest absolute Gasteiger partial charge is 0.276 e. The van der Waals surface area contributed by atoms with Gasteiger partial charge in [-0.05, 0) is 36.4 Å². The molecule has 0 amide bonds. The summed E-state index contributed by atoms with van der Waals surface area (Å²) in [4.78, 5) is 0. The van der Waals surface area contributed by atoms with Crippen molar-refractivity contribution in [3.63, 3.8) is 0 Å². The first-order valence-corrected chi connectivity index (χ1v) is 4.77. The summed E-state index contributed by atoms with van der Waals surface area (Å²) < 4.78 is 2.42. The molecule has 0 aliphatic rings. The smallest absolute Gasteiger partial charge is 0.00807 e. The molecule has 1 nitrogen and oxygen atoms in total. The Morgan fingerprint density at radius 2 is 1.60 bits per heavy atom. The summed E-state index contributed by atoms with van der Waals surface area (Å²) in [7, 11) is 0.764. The molecule has 0 aromatic rings. The van der Waals surface area contributed by atoms with Gasteiger partial charge in [0.15, 0.2) is 0 Å². The lowest BCUT2D eigenvalue weighted by molar-refractivity contribution is 0.331. The molecule has 1 unspecified atom stereocenters. The summed E-state index contributed by atoms with van der Waals surface area (Å²) in [5.74, 6) is 1.99. The Morgan fingerprint density at radius 1 is 1.20 bits per heavy atom. The van der Waals surface area contributed by atoms with Gasteiger partial charge in [-0.3, -0.25) is 4.67 Å². The lowest BCUT2D eigenvalue weighted by Gasteiger charge is -2.28. The third-order valence-corrected chi connectivity index (χ3v) is 2.87. The van der Waals surface area contributed by atoms with Gasteiger partial charge in [0.1, 0.15) is 0 Å². The first-order chi connectivity index (χ1) is 4.59. The lowest BCUT2D eigenvalue weighted by Crippen LogP contribution is -2.28. The Morgan fingerprint density at radius 3 is 1.70 bits per heavy atom. The second kappa shape index (κ2) is 4.87. The van der Waals surface area contributed by atoms with Crippen LogP contribution in [0.4, 0.5) is 0 Å². The maximum atomic E-state index is 3.74. The molecule has 0 bridgehead atoms. The van der Waals surface area contributed by atoms with E-state index in [1.807, 2.05) is 5.82 Å². The van der Waals surface area contributed by atoms with Crippen molar-refractivity contribution >= 4 is 8.73 Å². The van der Waals surface area contributed by atoms with Gasteiger partial charge in [-0.1, -0.05) is 12.4 Å². The Balaban J connectivity index is 3.84. The molecule has 0 rings (SSSR count). The van der Waals surface area contributed by atoms with Crippen LogP contribution in [-0.2, 0) is 0 Å². The number of nitrogens with zero attached hydrogens (tertiary/aromatic N) is 1. The lowest BCUT2D eigenvalue weighted by atomic mass is 10.3. The van der Waals surface area contributed by atoms with Crippen molar-refractivity contribution in [1.82, 2.24) is 4.67 Å². The van der Waals surface area contributed by atoms with E-state index in [0.29, 0.717) is 12.1 Å². The Bertz CT molecular complexity index is 91.4. The highest BCUT2D eigenvalue weighted by Crippen LogP contribution is 2.24. The zero-order chi connectivity index (χ0) is 8.15. The molecule has 0 aliphatic heterocycles. The molecule has 0 aliphatic carbocycles. The van der Waals surface area contributed by atoms with Crippen LogP contribution in [0.3, 0.4) is 0 Å². The zero-order valence-electron chi connectivity index (χ0n) is 7.39.